The summed E-state index contributed by atoms with van der Waals surface area (Å²) in [4.78, 5) is 26.7. The summed E-state index contributed by atoms with van der Waals surface area (Å²) in [6.07, 6.45) is -3.76. The molecule has 168 valence electrons. The molecule has 1 aliphatic heterocycles. The van der Waals surface area contributed by atoms with Crippen molar-refractivity contribution >= 4 is 28.9 Å². The van der Waals surface area contributed by atoms with E-state index in [0.717, 1.165) is 28.5 Å². The van der Waals surface area contributed by atoms with Gasteiger partial charge in [0.15, 0.2) is 6.79 Å². The van der Waals surface area contributed by atoms with Crippen LogP contribution in [0.15, 0.2) is 44.5 Å². The van der Waals surface area contributed by atoms with Crippen LogP contribution in [0.1, 0.15) is 5.56 Å². The van der Waals surface area contributed by atoms with Gasteiger partial charge in [0.2, 0.25) is 0 Å². The highest BCUT2D eigenvalue weighted by Crippen LogP contribution is 2.47. The third-order valence-electron chi connectivity index (χ3n) is 4.68. The van der Waals surface area contributed by atoms with Gasteiger partial charge in [-0.05, 0) is 18.2 Å². The molecule has 6 nitrogen and oxygen atoms in total. The zero-order valence-electron chi connectivity index (χ0n) is 16.2. The molecule has 0 atom stereocenters. The predicted octanol–water partition coefficient (Wildman–Crippen LogP) is 4.18. The van der Waals surface area contributed by atoms with E-state index in [2.05, 4.69) is 0 Å². The van der Waals surface area contributed by atoms with Crippen molar-refractivity contribution in [3.63, 3.8) is 0 Å². The lowest BCUT2D eigenvalue weighted by Gasteiger charge is -2.20. The topological polar surface area (TPSA) is 73.3 Å². The van der Waals surface area contributed by atoms with Gasteiger partial charge in [0.1, 0.15) is 17.4 Å². The Kier molecular flexibility index (Phi) is 5.59. The number of thioether (sulfide) groups is 1. The Morgan fingerprint density at radius 2 is 1.94 bits per heavy atom. The van der Waals surface area contributed by atoms with Crippen molar-refractivity contribution in [1.29, 1.82) is 0 Å². The number of alkyl halides is 3. The second-order valence-electron chi connectivity index (χ2n) is 6.71. The van der Waals surface area contributed by atoms with Crippen molar-refractivity contribution in [3.05, 3.63) is 68.1 Å². The molecule has 1 aromatic heterocycles. The smallest absolute Gasteiger partial charge is 0.417 e. The first-order valence-electron chi connectivity index (χ1n) is 8.95. The average Bonchev–Trinajstić information content (AvgIpc) is 2.90. The minimum absolute atomic E-state index is 0.0507. The lowest BCUT2D eigenvalue weighted by atomic mass is 9.96. The van der Waals surface area contributed by atoms with E-state index < -0.39 is 51.1 Å². The summed E-state index contributed by atoms with van der Waals surface area (Å²) >= 11 is 0.821. The fourth-order valence-corrected chi connectivity index (χ4v) is 4.53. The summed E-state index contributed by atoms with van der Waals surface area (Å²) in [6.45, 7) is -0.197. The number of hydrogen-bond donors (Lipinski definition) is 1. The molecule has 0 aliphatic carbocycles. The molecule has 0 radical (unpaired) electrons. The minimum atomic E-state index is -4.98. The molecule has 32 heavy (non-hydrogen) atoms. The molecule has 1 N–H and O–H groups in total. The summed E-state index contributed by atoms with van der Waals surface area (Å²) in [5, 5.41) is -0.421. The maximum absolute atomic E-state index is 14.6. The van der Waals surface area contributed by atoms with Crippen LogP contribution in [0.2, 0.25) is 0 Å². The fourth-order valence-electron chi connectivity index (χ4n) is 3.37. The number of benzene rings is 2. The Balaban J connectivity index is 2.16. The lowest BCUT2D eigenvalue weighted by molar-refractivity contribution is -0.137. The van der Waals surface area contributed by atoms with E-state index in [-0.39, 0.29) is 28.7 Å². The van der Waals surface area contributed by atoms with Crippen molar-refractivity contribution in [2.45, 2.75) is 11.1 Å². The third kappa shape index (κ3) is 3.79. The van der Waals surface area contributed by atoms with E-state index in [4.69, 9.17) is 9.47 Å². The van der Waals surface area contributed by atoms with E-state index in [1.54, 1.807) is 0 Å². The Hall–Kier alpha value is -3.12. The molecular formula is C20H13F5N2O4S. The van der Waals surface area contributed by atoms with Gasteiger partial charge in [0.05, 0.1) is 28.4 Å². The Morgan fingerprint density at radius 1 is 1.19 bits per heavy atom. The fraction of sp³-hybridized carbons (Fsp3) is 0.200. The molecular weight excluding hydrogens is 459 g/mol. The van der Waals surface area contributed by atoms with Gasteiger partial charge in [-0.25, -0.2) is 13.6 Å². The van der Waals surface area contributed by atoms with Gasteiger partial charge in [0.25, 0.3) is 5.56 Å². The number of methoxy groups -OCH3 is 1. The van der Waals surface area contributed by atoms with Crippen LogP contribution in [-0.2, 0) is 15.7 Å². The van der Waals surface area contributed by atoms with Crippen molar-refractivity contribution in [1.82, 2.24) is 9.55 Å². The second-order valence-corrected chi connectivity index (χ2v) is 7.70. The maximum atomic E-state index is 14.6. The Morgan fingerprint density at radius 3 is 2.59 bits per heavy atom. The largest absolute Gasteiger partial charge is 0.469 e. The van der Waals surface area contributed by atoms with E-state index in [0.29, 0.717) is 12.1 Å². The molecule has 2 aromatic carbocycles. The molecule has 1 aliphatic rings. The van der Waals surface area contributed by atoms with Crippen LogP contribution in [0.5, 0.6) is 0 Å². The van der Waals surface area contributed by atoms with Crippen molar-refractivity contribution in [3.8, 4) is 11.1 Å². The highest BCUT2D eigenvalue weighted by atomic mass is 32.2. The van der Waals surface area contributed by atoms with Crippen LogP contribution in [-0.4, -0.2) is 29.2 Å². The Bertz CT molecular complexity index is 1380. The lowest BCUT2D eigenvalue weighted by Crippen LogP contribution is -2.28. The molecule has 0 saturated heterocycles. The van der Waals surface area contributed by atoms with Crippen molar-refractivity contribution in [2.75, 3.05) is 19.7 Å². The molecule has 0 fully saturated rings. The van der Waals surface area contributed by atoms with Gasteiger partial charge in [-0.2, -0.15) is 13.2 Å². The van der Waals surface area contributed by atoms with E-state index >= 15 is 0 Å². The molecule has 2 heterocycles. The number of nitrogens with one attached hydrogen (secondary N) is 1. The summed E-state index contributed by atoms with van der Waals surface area (Å²) in [5.74, 6) is -2.07. The van der Waals surface area contributed by atoms with Crippen LogP contribution in [0.3, 0.4) is 0 Å². The number of H-pyrrole nitrogens is 1. The van der Waals surface area contributed by atoms with E-state index in [9.17, 15) is 31.5 Å². The van der Waals surface area contributed by atoms with Gasteiger partial charge in [0, 0.05) is 29.2 Å². The van der Waals surface area contributed by atoms with Gasteiger partial charge in [-0.3, -0.25) is 14.3 Å². The van der Waals surface area contributed by atoms with Crippen LogP contribution >= 0.6 is 11.8 Å². The van der Waals surface area contributed by atoms with Gasteiger partial charge in [-0.1, -0.05) is 0 Å². The monoisotopic (exact) mass is 472 g/mol. The molecule has 0 unspecified atom stereocenters. The van der Waals surface area contributed by atoms with Crippen molar-refractivity contribution < 1.29 is 31.4 Å². The SMILES string of the molecule is COCOC1=Cn2c(=O)[nH]c(=O)c3cc(C(F)(F)F)c(-c4ccc(F)cc4F)c(c32)SC1. The summed E-state index contributed by atoms with van der Waals surface area (Å²) < 4.78 is 81.3. The number of aromatic nitrogens is 2. The number of aromatic amines is 1. The van der Waals surface area contributed by atoms with Crippen LogP contribution < -0.4 is 11.2 Å². The first-order valence-corrected chi connectivity index (χ1v) is 9.93. The predicted molar refractivity (Wildman–Crippen MR) is 107 cm³/mol. The zero-order chi connectivity index (χ0) is 23.2. The third-order valence-corrected chi connectivity index (χ3v) is 5.79. The second kappa shape index (κ2) is 8.10. The van der Waals surface area contributed by atoms with E-state index in [1.807, 2.05) is 4.98 Å². The van der Waals surface area contributed by atoms with Gasteiger partial charge in [-0.15, -0.1) is 11.8 Å². The molecule has 0 amide bonds. The summed E-state index contributed by atoms with van der Waals surface area (Å²) in [7, 11) is 1.36. The number of hydrogen-bond acceptors (Lipinski definition) is 5. The van der Waals surface area contributed by atoms with Crippen LogP contribution in [0.25, 0.3) is 28.2 Å². The summed E-state index contributed by atoms with van der Waals surface area (Å²) in [5.41, 5.74) is -4.53. The highest BCUT2D eigenvalue weighted by Gasteiger charge is 2.38. The van der Waals surface area contributed by atoms with Gasteiger partial charge >= 0.3 is 11.9 Å². The first kappa shape index (κ1) is 22.1. The Labute approximate surface area is 180 Å². The first-order chi connectivity index (χ1) is 15.1. The maximum Gasteiger partial charge on any atom is 0.417 e. The molecule has 0 bridgehead atoms. The van der Waals surface area contributed by atoms with Crippen LogP contribution in [0.4, 0.5) is 22.0 Å². The average molecular weight is 472 g/mol. The number of rotatable bonds is 4. The standard InChI is InChI=1S/C20H13F5N2O4S/c1-30-8-31-10-6-27-16-12(18(28)26-19(27)29)5-13(20(23,24)25)15(17(16)32-7-10)11-3-2-9(21)4-14(11)22/h2-6H,7-8H2,1H3,(H,26,28,29). The zero-order valence-corrected chi connectivity index (χ0v) is 17.0. The molecule has 0 saturated carbocycles. The molecule has 3 aromatic rings. The number of halogens is 5. The number of nitrogens with zero attached hydrogens (tertiary/aromatic N) is 1. The minimum Gasteiger partial charge on any atom is -0.469 e. The van der Waals surface area contributed by atoms with Crippen molar-refractivity contribution in [2.24, 2.45) is 0 Å². The molecule has 4 rings (SSSR count). The highest BCUT2D eigenvalue weighted by molar-refractivity contribution is 7.99. The molecule has 0 spiro atoms. The quantitative estimate of drug-likeness (QED) is 0.456. The normalized spacial score (nSPS) is 13.8. The van der Waals surface area contributed by atoms with Gasteiger partial charge < -0.3 is 9.47 Å². The van der Waals surface area contributed by atoms with Crippen LogP contribution in [0, 0.1) is 11.6 Å². The molecule has 12 heteroatoms. The van der Waals surface area contributed by atoms with E-state index in [1.165, 1.54) is 13.3 Å². The number of ether oxygens (including phenoxy) is 2. The summed E-state index contributed by atoms with van der Waals surface area (Å²) in [6, 6.07) is 2.73.